The molecular weight excluding hydrogens is 282 g/mol. The van der Waals surface area contributed by atoms with Gasteiger partial charge in [0.2, 0.25) is 5.91 Å². The van der Waals surface area contributed by atoms with Crippen LogP contribution in [-0.2, 0) is 13.0 Å². The molecule has 6 heteroatoms. The second-order valence-electron chi connectivity index (χ2n) is 3.99. The number of benzene rings is 1. The lowest BCUT2D eigenvalue weighted by atomic mass is 10.2. The third-order valence-corrected chi connectivity index (χ3v) is 4.08. The van der Waals surface area contributed by atoms with Gasteiger partial charge in [-0.05, 0) is 24.6 Å². The highest BCUT2D eigenvalue weighted by molar-refractivity contribution is 7.11. The van der Waals surface area contributed by atoms with Crippen molar-refractivity contribution in [2.45, 2.75) is 19.9 Å². The minimum atomic E-state index is -0.467. The van der Waals surface area contributed by atoms with Crippen LogP contribution in [-0.4, -0.2) is 10.9 Å². The number of aryl methyl sites for hydroxylation is 1. The van der Waals surface area contributed by atoms with E-state index in [2.05, 4.69) is 17.2 Å². The van der Waals surface area contributed by atoms with Gasteiger partial charge >= 0.3 is 0 Å². The quantitative estimate of drug-likeness (QED) is 0.891. The Hall–Kier alpha value is -1.59. The van der Waals surface area contributed by atoms with Crippen LogP contribution in [0.25, 0.3) is 0 Å². The van der Waals surface area contributed by atoms with Crippen molar-refractivity contribution in [2.24, 2.45) is 5.73 Å². The van der Waals surface area contributed by atoms with Crippen LogP contribution in [0.3, 0.4) is 0 Å². The van der Waals surface area contributed by atoms with E-state index in [-0.39, 0.29) is 0 Å². The molecule has 0 saturated carbocycles. The van der Waals surface area contributed by atoms with E-state index in [9.17, 15) is 4.79 Å². The van der Waals surface area contributed by atoms with Gasteiger partial charge in [0.1, 0.15) is 0 Å². The normalized spacial score (nSPS) is 10.4. The van der Waals surface area contributed by atoms with Crippen LogP contribution < -0.4 is 11.1 Å². The highest BCUT2D eigenvalue weighted by atomic mass is 35.5. The summed E-state index contributed by atoms with van der Waals surface area (Å²) in [5.41, 5.74) is 6.38. The smallest absolute Gasteiger partial charge is 0.248 e. The number of nitrogens with zero attached hydrogens (tertiary/aromatic N) is 1. The number of aromatic nitrogens is 1. The molecule has 0 unspecified atom stereocenters. The maximum absolute atomic E-state index is 11.1. The molecule has 19 heavy (non-hydrogen) atoms. The SMILES string of the molecule is CCc1ncc(CNc2cc(C(N)=O)ccc2Cl)s1. The molecule has 3 N–H and O–H groups in total. The molecule has 1 aromatic heterocycles. The van der Waals surface area contributed by atoms with E-state index in [1.807, 2.05) is 6.20 Å². The molecule has 1 heterocycles. The third kappa shape index (κ3) is 3.45. The summed E-state index contributed by atoms with van der Waals surface area (Å²) in [6.07, 6.45) is 2.78. The fourth-order valence-electron chi connectivity index (χ4n) is 1.59. The Bertz CT molecular complexity index is 597. The molecule has 2 aromatic rings. The number of hydrogen-bond donors (Lipinski definition) is 2. The number of carbonyl (C=O) groups excluding carboxylic acids is 1. The first-order chi connectivity index (χ1) is 9.10. The molecule has 0 spiro atoms. The lowest BCUT2D eigenvalue weighted by molar-refractivity contribution is 0.100. The first-order valence-corrected chi connectivity index (χ1v) is 7.06. The zero-order chi connectivity index (χ0) is 13.8. The summed E-state index contributed by atoms with van der Waals surface area (Å²) < 4.78 is 0. The Morgan fingerprint density at radius 3 is 2.95 bits per heavy atom. The molecule has 100 valence electrons. The average Bonchev–Trinajstić information content (AvgIpc) is 2.85. The molecule has 0 saturated heterocycles. The van der Waals surface area contributed by atoms with Crippen LogP contribution >= 0.6 is 22.9 Å². The van der Waals surface area contributed by atoms with E-state index in [1.54, 1.807) is 29.5 Å². The Kier molecular flexibility index (Phi) is 4.39. The van der Waals surface area contributed by atoms with Crippen molar-refractivity contribution in [2.75, 3.05) is 5.32 Å². The summed E-state index contributed by atoms with van der Waals surface area (Å²) in [7, 11) is 0. The number of halogens is 1. The van der Waals surface area contributed by atoms with E-state index in [0.29, 0.717) is 22.8 Å². The molecular formula is C13H14ClN3OS. The molecule has 0 radical (unpaired) electrons. The van der Waals surface area contributed by atoms with Gasteiger partial charge in [0.25, 0.3) is 0 Å². The molecule has 0 bridgehead atoms. The number of primary amides is 1. The molecule has 4 nitrogen and oxygen atoms in total. The van der Waals surface area contributed by atoms with Gasteiger partial charge in [-0.2, -0.15) is 0 Å². The summed E-state index contributed by atoms with van der Waals surface area (Å²) in [6, 6.07) is 4.93. The maximum atomic E-state index is 11.1. The number of nitrogens with one attached hydrogen (secondary N) is 1. The number of thiazole rings is 1. The van der Waals surface area contributed by atoms with Gasteiger partial charge in [-0.3, -0.25) is 4.79 Å². The van der Waals surface area contributed by atoms with Gasteiger partial charge in [0, 0.05) is 16.6 Å². The first-order valence-electron chi connectivity index (χ1n) is 5.87. The lowest BCUT2D eigenvalue weighted by Gasteiger charge is -2.08. The summed E-state index contributed by atoms with van der Waals surface area (Å²) in [5, 5.41) is 4.86. The van der Waals surface area contributed by atoms with Crippen LogP contribution in [0.5, 0.6) is 0 Å². The summed E-state index contributed by atoms with van der Waals surface area (Å²) in [6.45, 7) is 2.70. The number of anilines is 1. The number of rotatable bonds is 5. The summed E-state index contributed by atoms with van der Waals surface area (Å²) in [5.74, 6) is -0.467. The zero-order valence-corrected chi connectivity index (χ0v) is 12.0. The van der Waals surface area contributed by atoms with E-state index in [0.717, 1.165) is 16.3 Å². The molecule has 0 aliphatic heterocycles. The van der Waals surface area contributed by atoms with Crippen molar-refractivity contribution >= 4 is 34.5 Å². The predicted molar refractivity (Wildman–Crippen MR) is 78.8 cm³/mol. The topological polar surface area (TPSA) is 68.0 Å². The second kappa shape index (κ2) is 6.04. The highest BCUT2D eigenvalue weighted by Gasteiger charge is 2.06. The van der Waals surface area contributed by atoms with Gasteiger partial charge in [0.15, 0.2) is 0 Å². The summed E-state index contributed by atoms with van der Waals surface area (Å²) >= 11 is 7.73. The monoisotopic (exact) mass is 295 g/mol. The Labute approximate surface area is 120 Å². The van der Waals surface area contributed by atoms with E-state index in [4.69, 9.17) is 17.3 Å². The summed E-state index contributed by atoms with van der Waals surface area (Å²) in [4.78, 5) is 16.5. The van der Waals surface area contributed by atoms with Gasteiger partial charge in [0.05, 0.1) is 22.3 Å². The van der Waals surface area contributed by atoms with Crippen LogP contribution in [0.1, 0.15) is 27.2 Å². The molecule has 2 rings (SSSR count). The van der Waals surface area contributed by atoms with Crippen molar-refractivity contribution in [3.8, 4) is 0 Å². The van der Waals surface area contributed by atoms with Gasteiger partial charge in [-0.25, -0.2) is 4.98 Å². The zero-order valence-electron chi connectivity index (χ0n) is 10.4. The minimum Gasteiger partial charge on any atom is -0.379 e. The molecule has 0 atom stereocenters. The van der Waals surface area contributed by atoms with Gasteiger partial charge < -0.3 is 11.1 Å². The van der Waals surface area contributed by atoms with Gasteiger partial charge in [-0.1, -0.05) is 18.5 Å². The average molecular weight is 296 g/mol. The Balaban J connectivity index is 2.10. The molecule has 1 aromatic carbocycles. The second-order valence-corrected chi connectivity index (χ2v) is 5.59. The van der Waals surface area contributed by atoms with Crippen LogP contribution in [0.15, 0.2) is 24.4 Å². The molecule has 0 fully saturated rings. The molecule has 0 aliphatic rings. The van der Waals surface area contributed by atoms with Crippen molar-refractivity contribution in [3.63, 3.8) is 0 Å². The number of amides is 1. The minimum absolute atomic E-state index is 0.436. The van der Waals surface area contributed by atoms with Crippen molar-refractivity contribution in [3.05, 3.63) is 44.9 Å². The highest BCUT2D eigenvalue weighted by Crippen LogP contribution is 2.24. The number of nitrogens with two attached hydrogens (primary N) is 1. The predicted octanol–water partition coefficient (Wildman–Crippen LogP) is 3.07. The largest absolute Gasteiger partial charge is 0.379 e. The fraction of sp³-hybridized carbons (Fsp3) is 0.231. The van der Waals surface area contributed by atoms with E-state index < -0.39 is 5.91 Å². The standard InChI is InChI=1S/C13H14ClN3OS/c1-2-12-17-7-9(19-12)6-16-11-5-8(13(15)18)3-4-10(11)14/h3-5,7,16H,2,6H2,1H3,(H2,15,18). The maximum Gasteiger partial charge on any atom is 0.248 e. The van der Waals surface area contributed by atoms with Crippen LogP contribution in [0, 0.1) is 0 Å². The third-order valence-electron chi connectivity index (χ3n) is 2.61. The van der Waals surface area contributed by atoms with Crippen LogP contribution in [0.2, 0.25) is 5.02 Å². The lowest BCUT2D eigenvalue weighted by Crippen LogP contribution is -2.11. The molecule has 0 aliphatic carbocycles. The van der Waals surface area contributed by atoms with E-state index in [1.165, 1.54) is 0 Å². The fourth-order valence-corrected chi connectivity index (χ4v) is 2.58. The van der Waals surface area contributed by atoms with Crippen molar-refractivity contribution in [1.29, 1.82) is 0 Å². The number of hydrogen-bond acceptors (Lipinski definition) is 4. The Morgan fingerprint density at radius 1 is 1.53 bits per heavy atom. The van der Waals surface area contributed by atoms with Crippen molar-refractivity contribution < 1.29 is 4.79 Å². The Morgan fingerprint density at radius 2 is 2.32 bits per heavy atom. The van der Waals surface area contributed by atoms with Crippen LogP contribution in [0.4, 0.5) is 5.69 Å². The first kappa shape index (κ1) is 13.8. The number of carbonyl (C=O) groups is 1. The van der Waals surface area contributed by atoms with Crippen molar-refractivity contribution in [1.82, 2.24) is 4.98 Å². The van der Waals surface area contributed by atoms with E-state index >= 15 is 0 Å². The van der Waals surface area contributed by atoms with Gasteiger partial charge in [-0.15, -0.1) is 11.3 Å². The molecule has 1 amide bonds.